The van der Waals surface area contributed by atoms with Gasteiger partial charge in [0.15, 0.2) is 5.78 Å². The highest BCUT2D eigenvalue weighted by molar-refractivity contribution is 6.10. The number of H-pyrrole nitrogens is 1. The van der Waals surface area contributed by atoms with Crippen molar-refractivity contribution in [3.05, 3.63) is 36.0 Å². The van der Waals surface area contributed by atoms with Crippen LogP contribution in [0.3, 0.4) is 0 Å². The molecule has 4 heteroatoms. The minimum Gasteiger partial charge on any atom is -0.360 e. The van der Waals surface area contributed by atoms with E-state index in [1.54, 1.807) is 0 Å². The summed E-state index contributed by atoms with van der Waals surface area (Å²) in [4.78, 5) is 21.3. The monoisotopic (exact) mass is 311 g/mol. The number of fused-ring (bicyclic) bond motifs is 2. The molecule has 2 fully saturated rings. The summed E-state index contributed by atoms with van der Waals surface area (Å²) in [5.41, 5.74) is 1.88. The molecule has 1 aromatic carbocycles. The molecule has 1 aromatic heterocycles. The maximum atomic E-state index is 13.0. The van der Waals surface area contributed by atoms with Crippen LogP contribution in [-0.4, -0.2) is 58.8 Å². The molecule has 1 N–H and O–H groups in total. The molecule has 0 amide bonds. The van der Waals surface area contributed by atoms with E-state index in [-0.39, 0.29) is 11.8 Å². The van der Waals surface area contributed by atoms with Crippen LogP contribution >= 0.6 is 0 Å². The first kappa shape index (κ1) is 14.9. The number of aromatic nitrogens is 1. The fourth-order valence-corrected chi connectivity index (χ4v) is 4.25. The number of hydrogen-bond acceptors (Lipinski definition) is 3. The van der Waals surface area contributed by atoms with Gasteiger partial charge >= 0.3 is 0 Å². The van der Waals surface area contributed by atoms with E-state index < -0.39 is 0 Å². The highest BCUT2D eigenvalue weighted by atomic mass is 16.1. The normalized spacial score (nSPS) is 24.5. The number of nitrogens with zero attached hydrogens (tertiary/aromatic N) is 2. The highest BCUT2D eigenvalue weighted by Crippen LogP contribution is 2.25. The molecule has 3 heterocycles. The molecule has 4 nitrogen and oxygen atoms in total. The first-order chi connectivity index (χ1) is 11.2. The van der Waals surface area contributed by atoms with Crippen LogP contribution < -0.4 is 0 Å². The summed E-state index contributed by atoms with van der Waals surface area (Å²) in [6.45, 7) is 6.57. The zero-order chi connectivity index (χ0) is 15.8. The number of nitrogens with one attached hydrogen (secondary N) is 1. The number of carbonyl (C=O) groups is 1. The van der Waals surface area contributed by atoms with Gasteiger partial charge in [-0.1, -0.05) is 18.2 Å². The molecule has 0 spiro atoms. The SMILES string of the molecule is C[C@H](C(=O)c1c[nH]c2ccccc12)N1CCCN2CCC[C@@H]2C1. The van der Waals surface area contributed by atoms with E-state index in [0.29, 0.717) is 6.04 Å². The Morgan fingerprint density at radius 3 is 2.96 bits per heavy atom. The summed E-state index contributed by atoms with van der Waals surface area (Å²) >= 11 is 0. The molecule has 2 aromatic rings. The van der Waals surface area contributed by atoms with Crippen LogP contribution in [0.1, 0.15) is 36.5 Å². The van der Waals surface area contributed by atoms with Crippen LogP contribution in [0.2, 0.25) is 0 Å². The van der Waals surface area contributed by atoms with Gasteiger partial charge in [0.05, 0.1) is 6.04 Å². The second kappa shape index (κ2) is 6.10. The highest BCUT2D eigenvalue weighted by Gasteiger charge is 2.32. The van der Waals surface area contributed by atoms with E-state index in [4.69, 9.17) is 0 Å². The molecule has 2 saturated heterocycles. The summed E-state index contributed by atoms with van der Waals surface area (Å²) in [7, 11) is 0. The first-order valence-electron chi connectivity index (χ1n) is 8.82. The molecule has 4 rings (SSSR count). The van der Waals surface area contributed by atoms with Crippen LogP contribution in [0.25, 0.3) is 10.9 Å². The standard InChI is InChI=1S/C19H25N3O/c1-14(22-11-5-10-21-9-4-6-15(21)13-22)19(23)17-12-20-18-8-3-2-7-16(17)18/h2-3,7-8,12,14-15,20H,4-6,9-11,13H2,1H3/t14-,15-/m1/s1. The average molecular weight is 311 g/mol. The van der Waals surface area contributed by atoms with Crippen molar-refractivity contribution < 1.29 is 4.79 Å². The van der Waals surface area contributed by atoms with Gasteiger partial charge in [-0.25, -0.2) is 0 Å². The molecule has 0 unspecified atom stereocenters. The third-order valence-corrected chi connectivity index (χ3v) is 5.62. The molecule has 0 bridgehead atoms. The smallest absolute Gasteiger partial charge is 0.181 e. The Bertz CT molecular complexity index is 707. The summed E-state index contributed by atoms with van der Waals surface area (Å²) in [5, 5.41) is 1.04. The lowest BCUT2D eigenvalue weighted by Gasteiger charge is -2.29. The van der Waals surface area contributed by atoms with Gasteiger partial charge in [0.2, 0.25) is 0 Å². The van der Waals surface area contributed by atoms with Gasteiger partial charge in [-0.15, -0.1) is 0 Å². The number of rotatable bonds is 3. The molecular weight excluding hydrogens is 286 g/mol. The lowest BCUT2D eigenvalue weighted by molar-refractivity contribution is 0.0829. The zero-order valence-electron chi connectivity index (χ0n) is 13.8. The Labute approximate surface area is 137 Å². The summed E-state index contributed by atoms with van der Waals surface area (Å²) in [5.74, 6) is 0.244. The van der Waals surface area contributed by atoms with Crippen molar-refractivity contribution >= 4 is 16.7 Å². The van der Waals surface area contributed by atoms with E-state index in [9.17, 15) is 4.79 Å². The van der Waals surface area contributed by atoms with Crippen molar-refractivity contribution in [3.63, 3.8) is 0 Å². The van der Waals surface area contributed by atoms with Gasteiger partial charge in [0, 0.05) is 41.8 Å². The minimum absolute atomic E-state index is 0.0465. The third-order valence-electron chi connectivity index (χ3n) is 5.62. The predicted molar refractivity (Wildman–Crippen MR) is 92.9 cm³/mol. The maximum Gasteiger partial charge on any atom is 0.181 e. The average Bonchev–Trinajstić information content (AvgIpc) is 3.15. The summed E-state index contributed by atoms with van der Waals surface area (Å²) in [6, 6.07) is 8.66. The van der Waals surface area contributed by atoms with Crippen LogP contribution in [-0.2, 0) is 0 Å². The first-order valence-corrected chi connectivity index (χ1v) is 8.82. The topological polar surface area (TPSA) is 39.3 Å². The molecule has 2 aliphatic heterocycles. The Hall–Kier alpha value is -1.65. The lowest BCUT2D eigenvalue weighted by Crippen LogP contribution is -2.44. The van der Waals surface area contributed by atoms with Crippen molar-refractivity contribution in [2.24, 2.45) is 0 Å². The van der Waals surface area contributed by atoms with Gasteiger partial charge in [0.1, 0.15) is 0 Å². The van der Waals surface area contributed by atoms with E-state index in [1.165, 1.54) is 32.4 Å². The van der Waals surface area contributed by atoms with Crippen LogP contribution in [0.4, 0.5) is 0 Å². The van der Waals surface area contributed by atoms with Crippen molar-refractivity contribution in [1.29, 1.82) is 0 Å². The van der Waals surface area contributed by atoms with Crippen molar-refractivity contribution in [3.8, 4) is 0 Å². The molecular formula is C19H25N3O. The van der Waals surface area contributed by atoms with Crippen molar-refractivity contribution in [2.45, 2.75) is 38.3 Å². The molecule has 0 aliphatic carbocycles. The Morgan fingerprint density at radius 2 is 2.04 bits per heavy atom. The van der Waals surface area contributed by atoms with E-state index in [2.05, 4.69) is 21.7 Å². The largest absolute Gasteiger partial charge is 0.360 e. The lowest BCUT2D eigenvalue weighted by atomic mass is 10.0. The van der Waals surface area contributed by atoms with E-state index >= 15 is 0 Å². The number of para-hydroxylation sites is 1. The van der Waals surface area contributed by atoms with Gasteiger partial charge in [-0.3, -0.25) is 14.6 Å². The number of aromatic amines is 1. The Balaban J connectivity index is 1.55. The Morgan fingerprint density at radius 1 is 1.22 bits per heavy atom. The molecule has 0 radical (unpaired) electrons. The predicted octanol–water partition coefficient (Wildman–Crippen LogP) is 2.91. The fraction of sp³-hybridized carbons (Fsp3) is 0.526. The minimum atomic E-state index is -0.0465. The number of benzene rings is 1. The maximum absolute atomic E-state index is 13.0. The quantitative estimate of drug-likeness (QED) is 0.886. The molecule has 2 atom stereocenters. The third kappa shape index (κ3) is 2.70. The van der Waals surface area contributed by atoms with Gasteiger partial charge in [-0.2, -0.15) is 0 Å². The van der Waals surface area contributed by atoms with Gasteiger partial charge < -0.3 is 4.98 Å². The van der Waals surface area contributed by atoms with Crippen LogP contribution in [0, 0.1) is 0 Å². The van der Waals surface area contributed by atoms with Gasteiger partial charge in [-0.05, 0) is 45.3 Å². The molecule has 2 aliphatic rings. The molecule has 0 saturated carbocycles. The number of carbonyl (C=O) groups excluding carboxylic acids is 1. The summed E-state index contributed by atoms with van der Waals surface area (Å²) < 4.78 is 0. The van der Waals surface area contributed by atoms with Crippen molar-refractivity contribution in [1.82, 2.24) is 14.8 Å². The van der Waals surface area contributed by atoms with Crippen molar-refractivity contribution in [2.75, 3.05) is 26.2 Å². The number of ketones is 1. The van der Waals surface area contributed by atoms with Gasteiger partial charge in [0.25, 0.3) is 0 Å². The number of Topliss-reactive ketones (excluding diaryl/α,β-unsaturated/α-hetero) is 1. The molecule has 23 heavy (non-hydrogen) atoms. The van der Waals surface area contributed by atoms with Crippen LogP contribution in [0.5, 0.6) is 0 Å². The Kier molecular flexibility index (Phi) is 3.95. The zero-order valence-corrected chi connectivity index (χ0v) is 13.8. The fourth-order valence-electron chi connectivity index (χ4n) is 4.25. The summed E-state index contributed by atoms with van der Waals surface area (Å²) in [6.07, 6.45) is 5.64. The molecule has 122 valence electrons. The second-order valence-electron chi connectivity index (χ2n) is 6.97. The van der Waals surface area contributed by atoms with Crippen LogP contribution in [0.15, 0.2) is 30.5 Å². The van der Waals surface area contributed by atoms with E-state index in [1.807, 2.05) is 30.5 Å². The second-order valence-corrected chi connectivity index (χ2v) is 6.97. The number of hydrogen-bond donors (Lipinski definition) is 1. The van der Waals surface area contributed by atoms with E-state index in [0.717, 1.165) is 29.6 Å².